The third kappa shape index (κ3) is 2.27. The lowest BCUT2D eigenvalue weighted by molar-refractivity contribution is 0.609. The van der Waals surface area contributed by atoms with Crippen molar-refractivity contribution in [3.63, 3.8) is 0 Å². The standard InChI is InChI=1S/C13H14ClNO2S/c14-18(16,17)8-9-5-6-13-11(7-9)10-3-1-2-4-12(10)15-13/h5-7,15H,1-4,8H2. The van der Waals surface area contributed by atoms with E-state index in [0.717, 1.165) is 29.3 Å². The van der Waals surface area contributed by atoms with Crippen molar-refractivity contribution in [2.45, 2.75) is 31.4 Å². The predicted molar refractivity (Wildman–Crippen MR) is 73.4 cm³/mol. The molecular weight excluding hydrogens is 270 g/mol. The van der Waals surface area contributed by atoms with Crippen LogP contribution < -0.4 is 0 Å². The van der Waals surface area contributed by atoms with Gasteiger partial charge in [0, 0.05) is 27.3 Å². The van der Waals surface area contributed by atoms with E-state index in [1.54, 1.807) is 0 Å². The van der Waals surface area contributed by atoms with Crippen molar-refractivity contribution >= 4 is 30.6 Å². The molecule has 0 aliphatic heterocycles. The molecule has 1 aromatic carbocycles. The number of aryl methyl sites for hydroxylation is 2. The number of nitrogens with one attached hydrogen (secondary N) is 1. The number of halogens is 1. The van der Waals surface area contributed by atoms with Crippen LogP contribution in [0.2, 0.25) is 0 Å². The quantitative estimate of drug-likeness (QED) is 0.861. The molecule has 1 N–H and O–H groups in total. The van der Waals surface area contributed by atoms with E-state index in [2.05, 4.69) is 4.98 Å². The Morgan fingerprint density at radius 1 is 1.22 bits per heavy atom. The van der Waals surface area contributed by atoms with Gasteiger partial charge in [0.1, 0.15) is 0 Å². The molecule has 5 heteroatoms. The van der Waals surface area contributed by atoms with Crippen molar-refractivity contribution in [1.29, 1.82) is 0 Å². The molecule has 3 rings (SSSR count). The van der Waals surface area contributed by atoms with Crippen molar-refractivity contribution in [3.05, 3.63) is 35.0 Å². The maximum Gasteiger partial charge on any atom is 0.236 e. The lowest BCUT2D eigenvalue weighted by Gasteiger charge is -2.10. The monoisotopic (exact) mass is 283 g/mol. The van der Waals surface area contributed by atoms with Crippen LogP contribution in [0, 0.1) is 0 Å². The van der Waals surface area contributed by atoms with Crippen molar-refractivity contribution in [1.82, 2.24) is 4.98 Å². The predicted octanol–water partition coefficient (Wildman–Crippen LogP) is 3.12. The molecule has 0 saturated heterocycles. The van der Waals surface area contributed by atoms with Crippen LogP contribution in [0.25, 0.3) is 10.9 Å². The summed E-state index contributed by atoms with van der Waals surface area (Å²) in [5.41, 5.74) is 4.51. The third-order valence-electron chi connectivity index (χ3n) is 3.50. The lowest BCUT2D eigenvalue weighted by atomic mass is 9.95. The second-order valence-corrected chi connectivity index (χ2v) is 7.63. The van der Waals surface area contributed by atoms with Gasteiger partial charge in [-0.05, 0) is 48.9 Å². The zero-order valence-corrected chi connectivity index (χ0v) is 11.4. The number of fused-ring (bicyclic) bond motifs is 3. The molecule has 0 atom stereocenters. The summed E-state index contributed by atoms with van der Waals surface area (Å²) in [6, 6.07) is 5.73. The van der Waals surface area contributed by atoms with Gasteiger partial charge in [0.25, 0.3) is 0 Å². The Hall–Kier alpha value is -1.00. The number of aromatic amines is 1. The maximum absolute atomic E-state index is 11.1. The van der Waals surface area contributed by atoms with Gasteiger partial charge in [-0.1, -0.05) is 6.07 Å². The molecule has 1 aliphatic rings. The van der Waals surface area contributed by atoms with Gasteiger partial charge in [0.05, 0.1) is 5.75 Å². The van der Waals surface area contributed by atoms with Crippen LogP contribution in [0.3, 0.4) is 0 Å². The Kier molecular flexibility index (Phi) is 2.87. The molecule has 0 fully saturated rings. The number of benzene rings is 1. The fourth-order valence-corrected chi connectivity index (χ4v) is 3.70. The summed E-state index contributed by atoms with van der Waals surface area (Å²) >= 11 is 0. The molecule has 0 amide bonds. The fraction of sp³-hybridized carbons (Fsp3) is 0.385. The van der Waals surface area contributed by atoms with Gasteiger partial charge in [-0.15, -0.1) is 0 Å². The average molecular weight is 284 g/mol. The molecule has 0 bridgehead atoms. The van der Waals surface area contributed by atoms with E-state index in [0.29, 0.717) is 0 Å². The van der Waals surface area contributed by atoms with Gasteiger partial charge < -0.3 is 4.98 Å². The van der Waals surface area contributed by atoms with Gasteiger partial charge in [-0.25, -0.2) is 8.42 Å². The van der Waals surface area contributed by atoms with E-state index in [1.807, 2.05) is 18.2 Å². The molecule has 0 radical (unpaired) electrons. The SMILES string of the molecule is O=S(=O)(Cl)Cc1ccc2[nH]c3c(c2c1)CCCC3. The zero-order valence-electron chi connectivity index (χ0n) is 9.87. The van der Waals surface area contributed by atoms with Crippen molar-refractivity contribution in [2.75, 3.05) is 0 Å². The molecule has 3 nitrogen and oxygen atoms in total. The minimum atomic E-state index is -3.49. The first-order valence-corrected chi connectivity index (χ1v) is 8.55. The summed E-state index contributed by atoms with van der Waals surface area (Å²) in [6.07, 6.45) is 4.60. The molecule has 96 valence electrons. The summed E-state index contributed by atoms with van der Waals surface area (Å²) < 4.78 is 22.2. The van der Waals surface area contributed by atoms with Crippen LogP contribution in [0.5, 0.6) is 0 Å². The molecule has 2 aromatic rings. The van der Waals surface area contributed by atoms with Crippen LogP contribution in [0.1, 0.15) is 29.7 Å². The Labute approximate surface area is 111 Å². The largest absolute Gasteiger partial charge is 0.358 e. The van der Waals surface area contributed by atoms with Gasteiger partial charge in [-0.2, -0.15) is 0 Å². The summed E-state index contributed by atoms with van der Waals surface area (Å²) in [7, 11) is 1.81. The molecule has 1 aromatic heterocycles. The Morgan fingerprint density at radius 2 is 2.00 bits per heavy atom. The molecule has 0 spiro atoms. The smallest absolute Gasteiger partial charge is 0.236 e. The Bertz CT molecular complexity index is 703. The number of hydrogen-bond donors (Lipinski definition) is 1. The van der Waals surface area contributed by atoms with E-state index in [4.69, 9.17) is 10.7 Å². The fourth-order valence-electron chi connectivity index (χ4n) is 2.74. The highest BCUT2D eigenvalue weighted by molar-refractivity contribution is 8.13. The van der Waals surface area contributed by atoms with Gasteiger partial charge in [-0.3, -0.25) is 0 Å². The summed E-state index contributed by atoms with van der Waals surface area (Å²) in [4.78, 5) is 3.42. The summed E-state index contributed by atoms with van der Waals surface area (Å²) in [6.45, 7) is 0. The van der Waals surface area contributed by atoms with Gasteiger partial charge in [0.2, 0.25) is 9.05 Å². The molecule has 1 aliphatic carbocycles. The molecule has 0 unspecified atom stereocenters. The molecule has 18 heavy (non-hydrogen) atoms. The van der Waals surface area contributed by atoms with Gasteiger partial charge in [0.15, 0.2) is 0 Å². The molecule has 1 heterocycles. The first-order chi connectivity index (χ1) is 8.53. The van der Waals surface area contributed by atoms with E-state index in [1.165, 1.54) is 24.1 Å². The number of rotatable bonds is 2. The van der Waals surface area contributed by atoms with Crippen molar-refractivity contribution in [2.24, 2.45) is 0 Å². The summed E-state index contributed by atoms with van der Waals surface area (Å²) in [5.74, 6) is -0.107. The molecular formula is C13H14ClNO2S. The van der Waals surface area contributed by atoms with Crippen LogP contribution in [0.15, 0.2) is 18.2 Å². The number of aromatic nitrogens is 1. The van der Waals surface area contributed by atoms with Crippen LogP contribution in [-0.4, -0.2) is 13.4 Å². The van der Waals surface area contributed by atoms with E-state index in [-0.39, 0.29) is 5.75 Å². The molecule has 0 saturated carbocycles. The topological polar surface area (TPSA) is 49.9 Å². The minimum Gasteiger partial charge on any atom is -0.358 e. The average Bonchev–Trinajstić information content (AvgIpc) is 2.65. The number of hydrogen-bond acceptors (Lipinski definition) is 2. The highest BCUT2D eigenvalue weighted by Gasteiger charge is 2.16. The highest BCUT2D eigenvalue weighted by Crippen LogP contribution is 2.30. The first-order valence-electron chi connectivity index (χ1n) is 6.08. The third-order valence-corrected chi connectivity index (χ3v) is 4.51. The van der Waals surface area contributed by atoms with E-state index in [9.17, 15) is 8.42 Å². The van der Waals surface area contributed by atoms with Crippen LogP contribution in [-0.2, 0) is 27.6 Å². The van der Waals surface area contributed by atoms with Crippen LogP contribution >= 0.6 is 10.7 Å². The maximum atomic E-state index is 11.1. The van der Waals surface area contributed by atoms with Crippen molar-refractivity contribution < 1.29 is 8.42 Å². The van der Waals surface area contributed by atoms with Crippen LogP contribution in [0.4, 0.5) is 0 Å². The normalized spacial score (nSPS) is 15.8. The second kappa shape index (κ2) is 4.28. The highest BCUT2D eigenvalue weighted by atomic mass is 35.7. The van der Waals surface area contributed by atoms with Crippen molar-refractivity contribution in [3.8, 4) is 0 Å². The zero-order chi connectivity index (χ0) is 12.8. The number of H-pyrrole nitrogens is 1. The Balaban J connectivity index is 2.11. The van der Waals surface area contributed by atoms with E-state index >= 15 is 0 Å². The first kappa shape index (κ1) is 12.1. The minimum absolute atomic E-state index is 0.107. The van der Waals surface area contributed by atoms with Gasteiger partial charge >= 0.3 is 0 Å². The summed E-state index contributed by atoms with van der Waals surface area (Å²) in [5, 5.41) is 1.16. The second-order valence-electron chi connectivity index (χ2n) is 4.85. The van der Waals surface area contributed by atoms with E-state index < -0.39 is 9.05 Å². The Morgan fingerprint density at radius 3 is 2.78 bits per heavy atom. The lowest BCUT2D eigenvalue weighted by Crippen LogP contribution is -2.00.